The van der Waals surface area contributed by atoms with Gasteiger partial charge in [-0.05, 0) is 55.0 Å². The number of anilines is 1. The van der Waals surface area contributed by atoms with Gasteiger partial charge in [0.15, 0.2) is 9.84 Å². The van der Waals surface area contributed by atoms with E-state index in [0.29, 0.717) is 5.69 Å². The van der Waals surface area contributed by atoms with Crippen LogP contribution in [0.2, 0.25) is 0 Å². The van der Waals surface area contributed by atoms with Crippen LogP contribution in [0.4, 0.5) is 5.69 Å². The van der Waals surface area contributed by atoms with Gasteiger partial charge in [-0.2, -0.15) is 0 Å². The van der Waals surface area contributed by atoms with Crippen molar-refractivity contribution in [3.63, 3.8) is 0 Å². The van der Waals surface area contributed by atoms with E-state index in [4.69, 9.17) is 0 Å². The summed E-state index contributed by atoms with van der Waals surface area (Å²) in [6.45, 7) is 1.80. The van der Waals surface area contributed by atoms with Crippen LogP contribution in [0.5, 0.6) is 0 Å². The van der Waals surface area contributed by atoms with Gasteiger partial charge in [-0.15, -0.1) is 0 Å². The van der Waals surface area contributed by atoms with E-state index in [2.05, 4.69) is 20.7 Å². The minimum atomic E-state index is -3.72. The summed E-state index contributed by atoms with van der Waals surface area (Å²) in [4.78, 5) is 0.273. The molecule has 5 nitrogen and oxygen atoms in total. The van der Waals surface area contributed by atoms with Crippen LogP contribution < -0.4 is 4.72 Å². The van der Waals surface area contributed by atoms with E-state index in [9.17, 15) is 16.8 Å². The molecule has 0 bridgehead atoms. The SMILES string of the molecule is Cc1cc(S(=O)(=O)Nc2ccc(S(C)(=O)=O)cc2)ccc1Br. The molecule has 1 N–H and O–H groups in total. The third-order valence-corrected chi connectivity index (χ3v) is 6.37. The number of hydrogen-bond donors (Lipinski definition) is 1. The summed E-state index contributed by atoms with van der Waals surface area (Å²) in [5.41, 5.74) is 1.10. The highest BCUT2D eigenvalue weighted by Gasteiger charge is 2.15. The van der Waals surface area contributed by atoms with Gasteiger partial charge in [0.2, 0.25) is 0 Å². The maximum absolute atomic E-state index is 12.3. The molecule has 8 heteroatoms. The molecule has 0 aliphatic rings. The van der Waals surface area contributed by atoms with Gasteiger partial charge < -0.3 is 0 Å². The van der Waals surface area contributed by atoms with Gasteiger partial charge in [0.1, 0.15) is 0 Å². The highest BCUT2D eigenvalue weighted by Crippen LogP contribution is 2.22. The third-order valence-electron chi connectivity index (χ3n) is 2.97. The standard InChI is InChI=1S/C14H14BrNO4S2/c1-10-9-13(7-8-14(10)15)22(19,20)16-11-3-5-12(6-4-11)21(2,17)18/h3-9,16H,1-2H3. The minimum Gasteiger partial charge on any atom is -0.280 e. The third kappa shape index (κ3) is 3.88. The van der Waals surface area contributed by atoms with Crippen LogP contribution >= 0.6 is 15.9 Å². The fourth-order valence-electron chi connectivity index (χ4n) is 1.77. The Balaban J connectivity index is 2.30. The van der Waals surface area contributed by atoms with Gasteiger partial charge in [-0.25, -0.2) is 16.8 Å². The second-order valence-electron chi connectivity index (χ2n) is 4.81. The zero-order chi connectivity index (χ0) is 16.5. The van der Waals surface area contributed by atoms with Crippen molar-refractivity contribution in [2.75, 3.05) is 11.0 Å². The number of aryl methyl sites for hydroxylation is 1. The first-order chi connectivity index (χ1) is 10.1. The van der Waals surface area contributed by atoms with E-state index in [0.717, 1.165) is 16.3 Å². The molecule has 0 spiro atoms. The van der Waals surface area contributed by atoms with E-state index < -0.39 is 19.9 Å². The summed E-state index contributed by atoms with van der Waals surface area (Å²) in [6, 6.07) is 10.3. The summed E-state index contributed by atoms with van der Waals surface area (Å²) in [5, 5.41) is 0. The van der Waals surface area contributed by atoms with E-state index in [1.807, 2.05) is 0 Å². The number of halogens is 1. The van der Waals surface area contributed by atoms with Crippen molar-refractivity contribution in [1.29, 1.82) is 0 Å². The summed E-state index contributed by atoms with van der Waals surface area (Å²) in [7, 11) is -7.03. The van der Waals surface area contributed by atoms with Crippen LogP contribution in [0.15, 0.2) is 56.7 Å². The second kappa shape index (κ2) is 6.02. The van der Waals surface area contributed by atoms with E-state index in [1.54, 1.807) is 19.1 Å². The van der Waals surface area contributed by atoms with Crippen molar-refractivity contribution in [3.05, 3.63) is 52.5 Å². The largest absolute Gasteiger partial charge is 0.280 e. The average molecular weight is 404 g/mol. The number of sulfonamides is 1. The lowest BCUT2D eigenvalue weighted by molar-refractivity contribution is 0.600. The Labute approximate surface area is 138 Å². The lowest BCUT2D eigenvalue weighted by Crippen LogP contribution is -2.13. The molecule has 2 rings (SSSR count). The first-order valence-electron chi connectivity index (χ1n) is 6.19. The van der Waals surface area contributed by atoms with Crippen LogP contribution in [-0.4, -0.2) is 23.1 Å². The van der Waals surface area contributed by atoms with Crippen LogP contribution in [-0.2, 0) is 19.9 Å². The molecule has 0 saturated heterocycles. The van der Waals surface area contributed by atoms with Crippen molar-refractivity contribution < 1.29 is 16.8 Å². The summed E-state index contributed by atoms with van der Waals surface area (Å²) >= 11 is 3.32. The zero-order valence-corrected chi connectivity index (χ0v) is 15.1. The molecule has 0 radical (unpaired) electrons. The average Bonchev–Trinajstić information content (AvgIpc) is 2.41. The predicted molar refractivity (Wildman–Crippen MR) is 89.2 cm³/mol. The fraction of sp³-hybridized carbons (Fsp3) is 0.143. The number of rotatable bonds is 4. The van der Waals surface area contributed by atoms with Crippen molar-refractivity contribution in [2.45, 2.75) is 16.7 Å². The Morgan fingerprint density at radius 1 is 0.909 bits per heavy atom. The minimum absolute atomic E-state index is 0.134. The molecular weight excluding hydrogens is 390 g/mol. The van der Waals surface area contributed by atoms with E-state index in [1.165, 1.54) is 30.3 Å². The van der Waals surface area contributed by atoms with Crippen LogP contribution in [0.25, 0.3) is 0 Å². The molecule has 2 aromatic rings. The van der Waals surface area contributed by atoms with E-state index in [-0.39, 0.29) is 9.79 Å². The van der Waals surface area contributed by atoms with Gasteiger partial charge in [0.05, 0.1) is 9.79 Å². The van der Waals surface area contributed by atoms with Crippen molar-refractivity contribution in [1.82, 2.24) is 0 Å². The molecule has 0 fully saturated rings. The zero-order valence-electron chi connectivity index (χ0n) is 11.9. The first kappa shape index (κ1) is 17.0. The molecule has 0 aliphatic heterocycles. The van der Waals surface area contributed by atoms with Crippen LogP contribution in [0.1, 0.15) is 5.56 Å². The molecule has 0 unspecified atom stereocenters. The summed E-state index contributed by atoms with van der Waals surface area (Å²) in [5.74, 6) is 0. The van der Waals surface area contributed by atoms with Crippen molar-refractivity contribution in [3.8, 4) is 0 Å². The quantitative estimate of drug-likeness (QED) is 0.850. The summed E-state index contributed by atoms with van der Waals surface area (Å²) in [6.07, 6.45) is 1.09. The molecule has 0 aromatic heterocycles. The Morgan fingerprint density at radius 3 is 1.95 bits per heavy atom. The molecule has 22 heavy (non-hydrogen) atoms. The Hall–Kier alpha value is -1.38. The number of sulfone groups is 1. The smallest absolute Gasteiger partial charge is 0.261 e. The number of hydrogen-bond acceptors (Lipinski definition) is 4. The van der Waals surface area contributed by atoms with Gasteiger partial charge in [-0.1, -0.05) is 15.9 Å². The highest BCUT2D eigenvalue weighted by atomic mass is 79.9. The lowest BCUT2D eigenvalue weighted by atomic mass is 10.2. The maximum atomic E-state index is 12.3. The lowest BCUT2D eigenvalue weighted by Gasteiger charge is -2.10. The molecule has 0 amide bonds. The molecule has 0 heterocycles. The Morgan fingerprint density at radius 2 is 1.45 bits per heavy atom. The van der Waals surface area contributed by atoms with Gasteiger partial charge in [0.25, 0.3) is 10.0 Å². The van der Waals surface area contributed by atoms with Crippen LogP contribution in [0.3, 0.4) is 0 Å². The Bertz CT molecular complexity index is 904. The monoisotopic (exact) mass is 403 g/mol. The molecule has 0 aliphatic carbocycles. The van der Waals surface area contributed by atoms with Crippen LogP contribution in [0, 0.1) is 6.92 Å². The number of nitrogens with one attached hydrogen (secondary N) is 1. The first-order valence-corrected chi connectivity index (χ1v) is 10.4. The molecule has 0 atom stereocenters. The Kier molecular flexibility index (Phi) is 4.65. The van der Waals surface area contributed by atoms with Gasteiger partial charge in [-0.3, -0.25) is 4.72 Å². The van der Waals surface area contributed by atoms with Crippen molar-refractivity contribution in [2.24, 2.45) is 0 Å². The van der Waals surface area contributed by atoms with E-state index >= 15 is 0 Å². The fourth-order valence-corrected chi connectivity index (χ4v) is 3.79. The molecule has 2 aromatic carbocycles. The van der Waals surface area contributed by atoms with Gasteiger partial charge >= 0.3 is 0 Å². The highest BCUT2D eigenvalue weighted by molar-refractivity contribution is 9.10. The van der Waals surface area contributed by atoms with Crippen molar-refractivity contribution >= 4 is 41.5 Å². The maximum Gasteiger partial charge on any atom is 0.261 e. The van der Waals surface area contributed by atoms with Gasteiger partial charge in [0, 0.05) is 16.4 Å². The normalized spacial score (nSPS) is 12.1. The predicted octanol–water partition coefficient (Wildman–Crippen LogP) is 2.96. The summed E-state index contributed by atoms with van der Waals surface area (Å²) < 4.78 is 50.6. The topological polar surface area (TPSA) is 80.3 Å². The molecule has 0 saturated carbocycles. The number of benzene rings is 2. The molecule has 118 valence electrons. The molecular formula is C14H14BrNO4S2. The second-order valence-corrected chi connectivity index (χ2v) is 9.37.